The molecule has 638 valence electrons. The Bertz CT molecular complexity index is 5190. The number of rotatable bonds is 37. The highest BCUT2D eigenvalue weighted by Crippen LogP contribution is 2.37. The molecule has 26 heteroatoms. The fourth-order valence-corrected chi connectivity index (χ4v) is 17.9. The normalized spacial score (nSPS) is 12.7. The number of imide groups is 1. The van der Waals surface area contributed by atoms with Crippen LogP contribution in [0.5, 0.6) is 5.75 Å². The highest BCUT2D eigenvalue weighted by Gasteiger charge is 2.50. The van der Waals surface area contributed by atoms with Crippen molar-refractivity contribution in [2.75, 3.05) is 127 Å². The van der Waals surface area contributed by atoms with Gasteiger partial charge < -0.3 is 72.2 Å². The van der Waals surface area contributed by atoms with Crippen molar-refractivity contribution in [1.29, 1.82) is 0 Å². The maximum Gasteiger partial charge on any atom is 0.363 e. The highest BCUT2D eigenvalue weighted by molar-refractivity contribution is 6.99. The third-order valence-electron chi connectivity index (χ3n) is 19.8. The van der Waals surface area contributed by atoms with E-state index in [4.69, 9.17) is 41.8 Å². The zero-order valence-electron chi connectivity index (χ0n) is 69.5. The Balaban J connectivity index is 0.000000242. The Morgan fingerprint density at radius 2 is 0.926 bits per heavy atom. The van der Waals surface area contributed by atoms with E-state index >= 15 is 0 Å². The summed E-state index contributed by atoms with van der Waals surface area (Å²) in [6.45, 7) is 24.8. The van der Waals surface area contributed by atoms with Gasteiger partial charge in [-0.2, -0.15) is 0 Å². The van der Waals surface area contributed by atoms with E-state index in [1.165, 1.54) is 12.1 Å². The van der Waals surface area contributed by atoms with Crippen molar-refractivity contribution < 1.29 is 80.5 Å². The molecule has 0 radical (unpaired) electrons. The van der Waals surface area contributed by atoms with Gasteiger partial charge in [-0.1, -0.05) is 162 Å². The van der Waals surface area contributed by atoms with Crippen LogP contribution in [0.15, 0.2) is 248 Å². The largest absolute Gasteiger partial charge is 0.488 e. The standard InChI is InChI=1S/C46H52N2O7Si.C30H34N2O7.C18H20N2O5.CH4/c1-6-48(7-2)38-26-25-37-33-41(45(51)55-42(37)34-38)43(49)47-28-30-52-31-32-53-44(50)36(24-23-35-17-11-8-12-18-35)27-29-54-56(46(3,4)5,39-19-13-9-14-20-39)40-21-15-10-16-22-40;1-3-32(4-2)25-13-12-24-20-26(30(36)39-27(24)21-25)28(34)31-15-17-37-18-19-38-29(35)23(14-16-33)11-10-22-8-6-5-7-9-22;1-3-19(4-2)14-6-5-12-9-13(11-24-15(12)10-14)18(23)25-20-16(21)7-8-17(20)22;/h8-27,33-34H,6-7,28-32H2,1-5H3,(H,47,49);5-14,20-21,33H,3-4,15-19H2,1-2H3,(H,31,34);5-6,9-10H,3-4,7-8,11H2,1-2H3;1H4/b24-23+,36-27+;11-10+,23-14+;;. The number of anilines is 3. The summed E-state index contributed by atoms with van der Waals surface area (Å²) < 4.78 is 45.5. The van der Waals surface area contributed by atoms with E-state index in [0.717, 1.165) is 83.4 Å². The molecule has 0 saturated carbocycles. The molecule has 1 fully saturated rings. The lowest BCUT2D eigenvalue weighted by molar-refractivity contribution is -0.194. The van der Waals surface area contributed by atoms with Gasteiger partial charge in [0.25, 0.3) is 31.9 Å². The van der Waals surface area contributed by atoms with Gasteiger partial charge in [-0.05, 0) is 147 Å². The number of aliphatic hydroxyl groups excluding tert-OH is 1. The summed E-state index contributed by atoms with van der Waals surface area (Å²) >= 11 is 0. The summed E-state index contributed by atoms with van der Waals surface area (Å²) in [5.74, 6) is -3.26. The first-order chi connectivity index (χ1) is 58.1. The topological polar surface area (TPSA) is 302 Å². The predicted octanol–water partition coefficient (Wildman–Crippen LogP) is 13.3. The number of fused-ring (bicyclic) bond motifs is 3. The molecule has 121 heavy (non-hydrogen) atoms. The molecule has 4 amide bonds. The molecule has 0 spiro atoms. The highest BCUT2D eigenvalue weighted by atomic mass is 28.4. The minimum absolute atomic E-state index is 0. The first kappa shape index (κ1) is 93.9. The van der Waals surface area contributed by atoms with Crippen LogP contribution in [0.4, 0.5) is 17.1 Å². The van der Waals surface area contributed by atoms with Crippen LogP contribution in [0.1, 0.15) is 120 Å². The molecular formula is C95H110N6O19Si. The van der Waals surface area contributed by atoms with Crippen LogP contribution in [0.25, 0.3) is 40.2 Å². The summed E-state index contributed by atoms with van der Waals surface area (Å²) in [6, 6.07) is 59.9. The van der Waals surface area contributed by atoms with Gasteiger partial charge in [0.1, 0.15) is 47.9 Å². The van der Waals surface area contributed by atoms with E-state index in [2.05, 4.69) is 98.1 Å². The second kappa shape index (κ2) is 47.3. The minimum Gasteiger partial charge on any atom is -0.488 e. The average molecular weight is 1670 g/mol. The van der Waals surface area contributed by atoms with Crippen LogP contribution < -0.4 is 51.7 Å². The maximum absolute atomic E-state index is 13.5. The lowest BCUT2D eigenvalue weighted by Crippen LogP contribution is -2.66. The van der Waals surface area contributed by atoms with Crippen LogP contribution in [-0.4, -0.2) is 172 Å². The first-order valence-corrected chi connectivity index (χ1v) is 42.2. The fourth-order valence-electron chi connectivity index (χ4n) is 13.4. The third kappa shape index (κ3) is 26.2. The molecule has 11 rings (SSSR count). The number of hydrogen-bond donors (Lipinski definition) is 3. The average Bonchev–Trinajstić information content (AvgIpc) is 1.29. The lowest BCUT2D eigenvalue weighted by atomic mass is 10.1. The van der Waals surface area contributed by atoms with Gasteiger partial charge in [-0.25, -0.2) is 24.0 Å². The van der Waals surface area contributed by atoms with Crippen molar-refractivity contribution in [3.63, 3.8) is 0 Å². The second-order valence-electron chi connectivity index (χ2n) is 28.5. The second-order valence-corrected chi connectivity index (χ2v) is 32.8. The molecule has 2 aliphatic rings. The Labute approximate surface area is 707 Å². The summed E-state index contributed by atoms with van der Waals surface area (Å²) in [5, 5.41) is 18.5. The number of nitrogens with one attached hydrogen (secondary N) is 2. The van der Waals surface area contributed by atoms with Gasteiger partial charge >= 0.3 is 29.2 Å². The van der Waals surface area contributed by atoms with E-state index in [1.54, 1.807) is 42.5 Å². The zero-order chi connectivity index (χ0) is 86.0. The number of carbonyl (C=O) groups excluding carboxylic acids is 7. The van der Waals surface area contributed by atoms with E-state index in [-0.39, 0.29) is 120 Å². The number of hydrogen-bond acceptors (Lipinski definition) is 22. The number of benzene rings is 7. The van der Waals surface area contributed by atoms with Crippen molar-refractivity contribution in [2.24, 2.45) is 0 Å². The lowest BCUT2D eigenvalue weighted by Gasteiger charge is -2.42. The number of nitrogens with zero attached hydrogens (tertiary/aromatic N) is 4. The SMILES string of the molecule is C.CCN(CC)c1ccc2c(c1)OCC(C(=O)ON1C(=O)CCC1=O)=C2.CCN(CC)c1ccc2cc(C(=O)NCCOCCOC(=O)C(/C=C/c3ccccc3)=C/CO)c(=O)oc2c1.CCN(CC)c1ccc2cc(C(=O)NCCOCCOC(=O)C(/C=C/c3ccccc3)=C/CO[Si](c3ccccc3)(c3ccccc3)C(C)(C)C)c(=O)oc2c1. The molecule has 0 aliphatic carbocycles. The molecule has 1 saturated heterocycles. The molecule has 9 aromatic rings. The number of carbonyl (C=O) groups is 7. The predicted molar refractivity (Wildman–Crippen MR) is 475 cm³/mol. The zero-order valence-corrected chi connectivity index (χ0v) is 70.5. The van der Waals surface area contributed by atoms with E-state index in [9.17, 15) is 48.3 Å². The van der Waals surface area contributed by atoms with Gasteiger partial charge in [0.05, 0.1) is 56.4 Å². The van der Waals surface area contributed by atoms with Gasteiger partial charge in [0.2, 0.25) is 0 Å². The molecular weight excluding hydrogens is 1560 g/mol. The van der Waals surface area contributed by atoms with Crippen LogP contribution >= 0.6 is 0 Å². The Morgan fingerprint density at radius 3 is 1.35 bits per heavy atom. The molecule has 25 nitrogen and oxygen atoms in total. The third-order valence-corrected chi connectivity index (χ3v) is 24.8. The van der Waals surface area contributed by atoms with Crippen LogP contribution in [0, 0.1) is 0 Å². The first-order valence-electron chi connectivity index (χ1n) is 40.3. The van der Waals surface area contributed by atoms with Crippen molar-refractivity contribution in [2.45, 2.75) is 87.6 Å². The monoisotopic (exact) mass is 1670 g/mol. The molecule has 0 atom stereocenters. The molecule has 2 aromatic heterocycles. The molecule has 0 bridgehead atoms. The Kier molecular flexibility index (Phi) is 36.7. The molecule has 3 N–H and O–H groups in total. The maximum atomic E-state index is 13.5. The van der Waals surface area contributed by atoms with Crippen LogP contribution in [-0.2, 0) is 52.2 Å². The molecule has 2 aliphatic heterocycles. The van der Waals surface area contributed by atoms with Crippen molar-refractivity contribution in [1.82, 2.24) is 15.7 Å². The minimum atomic E-state index is -2.83. The van der Waals surface area contributed by atoms with E-state index < -0.39 is 61.1 Å². The summed E-state index contributed by atoms with van der Waals surface area (Å²) in [7, 11) is -2.83. The quantitative estimate of drug-likeness (QED) is 0.00620. The Hall–Kier alpha value is -12.6. The van der Waals surface area contributed by atoms with Crippen LogP contribution in [0.2, 0.25) is 5.04 Å². The van der Waals surface area contributed by atoms with Gasteiger partial charge in [-0.3, -0.25) is 19.2 Å². The molecule has 0 unspecified atom stereocenters. The smallest absolute Gasteiger partial charge is 0.363 e. The van der Waals surface area contributed by atoms with Crippen molar-refractivity contribution in [3.8, 4) is 5.75 Å². The van der Waals surface area contributed by atoms with Crippen molar-refractivity contribution >= 4 is 117 Å². The van der Waals surface area contributed by atoms with Crippen molar-refractivity contribution in [3.05, 3.63) is 278 Å². The summed E-state index contributed by atoms with van der Waals surface area (Å²) in [5.41, 5.74) is 5.66. The summed E-state index contributed by atoms with van der Waals surface area (Å²) in [4.78, 5) is 123. The van der Waals surface area contributed by atoms with Gasteiger partial charge in [0, 0.05) is 117 Å². The number of amides is 4. The number of ether oxygens (including phenoxy) is 5. The Morgan fingerprint density at radius 1 is 0.512 bits per heavy atom. The van der Waals surface area contributed by atoms with Gasteiger partial charge in [-0.15, -0.1) is 5.06 Å². The number of esters is 2. The van der Waals surface area contributed by atoms with Gasteiger partial charge in [0.15, 0.2) is 0 Å². The summed E-state index contributed by atoms with van der Waals surface area (Å²) in [6.07, 6.45) is 11.9. The fraction of sp³-hybridized carbons (Fsp3) is 0.316. The van der Waals surface area contributed by atoms with E-state index in [0.29, 0.717) is 38.3 Å². The molecule has 7 aromatic carbocycles. The molecule has 4 heterocycles. The van der Waals surface area contributed by atoms with Crippen LogP contribution in [0.3, 0.4) is 0 Å². The van der Waals surface area contributed by atoms with E-state index in [1.807, 2.05) is 166 Å². The number of aliphatic hydroxyl groups is 1. The number of hydroxylamine groups is 2.